The summed E-state index contributed by atoms with van der Waals surface area (Å²) in [5.41, 5.74) is 3.60. The van der Waals surface area contributed by atoms with E-state index in [0.717, 1.165) is 36.7 Å². The fraction of sp³-hybridized carbons (Fsp3) is 0.571. The summed E-state index contributed by atoms with van der Waals surface area (Å²) in [6.07, 6.45) is 0. The summed E-state index contributed by atoms with van der Waals surface area (Å²) in [5, 5.41) is 12.8. The van der Waals surface area contributed by atoms with E-state index in [4.69, 9.17) is 0 Å². The first-order chi connectivity index (χ1) is 8.43. The van der Waals surface area contributed by atoms with Crippen molar-refractivity contribution in [2.75, 3.05) is 24.5 Å². The molecule has 4 nitrogen and oxygen atoms in total. The number of hydrogen-bond acceptors (Lipinski definition) is 4. The van der Waals surface area contributed by atoms with Crippen molar-refractivity contribution in [2.24, 2.45) is 0 Å². The van der Waals surface area contributed by atoms with Crippen LogP contribution < -0.4 is 10.2 Å². The summed E-state index contributed by atoms with van der Waals surface area (Å²) in [4.78, 5) is 6.66. The Morgan fingerprint density at radius 1 is 1.44 bits per heavy atom. The van der Waals surface area contributed by atoms with Gasteiger partial charge in [-0.25, -0.2) is 0 Å². The Bertz CT molecular complexity index is 499. The molecule has 0 saturated carbocycles. The Morgan fingerprint density at radius 3 is 2.78 bits per heavy atom. The average Bonchev–Trinajstić information content (AvgIpc) is 2.26. The predicted octanol–water partition coefficient (Wildman–Crippen LogP) is 1.76. The van der Waals surface area contributed by atoms with Crippen LogP contribution in [0.1, 0.15) is 30.8 Å². The summed E-state index contributed by atoms with van der Waals surface area (Å²) >= 11 is 0. The number of piperazine rings is 1. The molecule has 0 unspecified atom stereocenters. The molecule has 1 aliphatic rings. The van der Waals surface area contributed by atoms with Crippen LogP contribution in [0.2, 0.25) is 0 Å². The molecule has 1 saturated heterocycles. The fourth-order valence-corrected chi connectivity index (χ4v) is 2.54. The van der Waals surface area contributed by atoms with Crippen LogP contribution >= 0.6 is 0 Å². The van der Waals surface area contributed by atoms with Crippen LogP contribution in [0.3, 0.4) is 0 Å². The SMILES string of the molecule is Cc1cc(N2CCNC(C)(C)C2)c(C#N)c(C)n1. The van der Waals surface area contributed by atoms with E-state index in [1.807, 2.05) is 19.9 Å². The Morgan fingerprint density at radius 2 is 2.17 bits per heavy atom. The minimum absolute atomic E-state index is 0.0794. The molecule has 0 spiro atoms. The van der Waals surface area contributed by atoms with Crippen molar-refractivity contribution in [3.05, 3.63) is 23.0 Å². The number of nitrogens with one attached hydrogen (secondary N) is 1. The molecule has 2 rings (SSSR count). The molecule has 0 amide bonds. The third-order valence-corrected chi connectivity index (χ3v) is 3.33. The van der Waals surface area contributed by atoms with E-state index in [0.29, 0.717) is 5.56 Å². The molecular formula is C14H20N4. The Balaban J connectivity index is 2.42. The van der Waals surface area contributed by atoms with E-state index in [-0.39, 0.29) is 5.54 Å². The molecule has 0 bridgehead atoms. The largest absolute Gasteiger partial charge is 0.367 e. The van der Waals surface area contributed by atoms with Gasteiger partial charge in [-0.15, -0.1) is 0 Å². The maximum atomic E-state index is 9.32. The molecule has 4 heteroatoms. The molecule has 0 aliphatic carbocycles. The van der Waals surface area contributed by atoms with Crippen LogP contribution in [0.5, 0.6) is 0 Å². The molecule has 1 aromatic rings. The number of pyridine rings is 1. The van der Waals surface area contributed by atoms with Gasteiger partial charge < -0.3 is 10.2 Å². The third-order valence-electron chi connectivity index (χ3n) is 3.33. The first kappa shape index (κ1) is 12.8. The molecule has 1 N–H and O–H groups in total. The normalized spacial score (nSPS) is 18.5. The molecule has 96 valence electrons. The molecule has 18 heavy (non-hydrogen) atoms. The van der Waals surface area contributed by atoms with Crippen molar-refractivity contribution >= 4 is 5.69 Å². The van der Waals surface area contributed by atoms with Gasteiger partial charge in [-0.2, -0.15) is 5.26 Å². The highest BCUT2D eigenvalue weighted by molar-refractivity contribution is 5.62. The van der Waals surface area contributed by atoms with Gasteiger partial charge in [0.25, 0.3) is 0 Å². The van der Waals surface area contributed by atoms with Crippen molar-refractivity contribution in [1.29, 1.82) is 5.26 Å². The van der Waals surface area contributed by atoms with Crippen LogP contribution in [0.15, 0.2) is 6.07 Å². The van der Waals surface area contributed by atoms with Crippen LogP contribution in [0.25, 0.3) is 0 Å². The van der Waals surface area contributed by atoms with Gasteiger partial charge in [0.1, 0.15) is 6.07 Å². The summed E-state index contributed by atoms with van der Waals surface area (Å²) < 4.78 is 0. The van der Waals surface area contributed by atoms with Crippen molar-refractivity contribution in [3.8, 4) is 6.07 Å². The number of nitrogens with zero attached hydrogens (tertiary/aromatic N) is 3. The van der Waals surface area contributed by atoms with Gasteiger partial charge >= 0.3 is 0 Å². The van der Waals surface area contributed by atoms with Crippen molar-refractivity contribution in [1.82, 2.24) is 10.3 Å². The Labute approximate surface area is 109 Å². The van der Waals surface area contributed by atoms with Gasteiger partial charge in [-0.3, -0.25) is 4.98 Å². The Kier molecular flexibility index (Phi) is 3.27. The van der Waals surface area contributed by atoms with Crippen LogP contribution in [0, 0.1) is 25.2 Å². The van der Waals surface area contributed by atoms with Crippen molar-refractivity contribution < 1.29 is 0 Å². The van der Waals surface area contributed by atoms with Crippen LogP contribution in [-0.2, 0) is 0 Å². The van der Waals surface area contributed by atoms with Gasteiger partial charge in [-0.1, -0.05) is 0 Å². The van der Waals surface area contributed by atoms with E-state index in [2.05, 4.69) is 35.1 Å². The molecule has 1 aliphatic heterocycles. The quantitative estimate of drug-likeness (QED) is 0.818. The van der Waals surface area contributed by atoms with E-state index < -0.39 is 0 Å². The molecule has 0 aromatic carbocycles. The van der Waals surface area contributed by atoms with Gasteiger partial charge in [0.05, 0.1) is 16.9 Å². The lowest BCUT2D eigenvalue weighted by Gasteiger charge is -2.40. The molecule has 0 radical (unpaired) electrons. The Hall–Kier alpha value is -1.60. The summed E-state index contributed by atoms with van der Waals surface area (Å²) in [7, 11) is 0. The van der Waals surface area contributed by atoms with E-state index >= 15 is 0 Å². The lowest BCUT2D eigenvalue weighted by atomic mass is 10.0. The zero-order valence-electron chi connectivity index (χ0n) is 11.5. The third kappa shape index (κ3) is 2.46. The monoisotopic (exact) mass is 244 g/mol. The van der Waals surface area contributed by atoms with E-state index in [1.54, 1.807) is 0 Å². The van der Waals surface area contributed by atoms with Crippen molar-refractivity contribution in [2.45, 2.75) is 33.2 Å². The number of rotatable bonds is 1. The lowest BCUT2D eigenvalue weighted by molar-refractivity contribution is 0.353. The summed E-state index contributed by atoms with van der Waals surface area (Å²) in [6, 6.07) is 4.31. The topological polar surface area (TPSA) is 52.0 Å². The fourth-order valence-electron chi connectivity index (χ4n) is 2.54. The van der Waals surface area contributed by atoms with E-state index in [9.17, 15) is 5.26 Å². The number of aryl methyl sites for hydroxylation is 2. The minimum Gasteiger partial charge on any atom is -0.367 e. The highest BCUT2D eigenvalue weighted by Crippen LogP contribution is 2.26. The number of hydrogen-bond donors (Lipinski definition) is 1. The van der Waals surface area contributed by atoms with E-state index in [1.165, 1.54) is 0 Å². The zero-order valence-corrected chi connectivity index (χ0v) is 11.5. The summed E-state index contributed by atoms with van der Waals surface area (Å²) in [5.74, 6) is 0. The molecule has 2 heterocycles. The van der Waals surface area contributed by atoms with Gasteiger partial charge in [0.2, 0.25) is 0 Å². The molecular weight excluding hydrogens is 224 g/mol. The second-order valence-corrected chi connectivity index (χ2v) is 5.59. The van der Waals surface area contributed by atoms with Gasteiger partial charge in [0, 0.05) is 30.9 Å². The van der Waals surface area contributed by atoms with Crippen LogP contribution in [0.4, 0.5) is 5.69 Å². The maximum Gasteiger partial charge on any atom is 0.103 e. The smallest absolute Gasteiger partial charge is 0.103 e. The second-order valence-electron chi connectivity index (χ2n) is 5.59. The minimum atomic E-state index is 0.0794. The lowest BCUT2D eigenvalue weighted by Crippen LogP contribution is -2.57. The highest BCUT2D eigenvalue weighted by Gasteiger charge is 2.27. The number of anilines is 1. The highest BCUT2D eigenvalue weighted by atomic mass is 15.2. The average molecular weight is 244 g/mol. The first-order valence-corrected chi connectivity index (χ1v) is 6.31. The summed E-state index contributed by atoms with van der Waals surface area (Å²) in [6.45, 7) is 11.0. The van der Waals surface area contributed by atoms with Gasteiger partial charge in [-0.05, 0) is 33.8 Å². The number of nitriles is 1. The standard InChI is InChI=1S/C14H20N4/c1-10-7-13(12(8-15)11(2)17-10)18-6-5-16-14(3,4)9-18/h7,16H,5-6,9H2,1-4H3. The zero-order chi connectivity index (χ0) is 13.3. The number of aromatic nitrogens is 1. The molecule has 1 aromatic heterocycles. The second kappa shape index (κ2) is 4.58. The van der Waals surface area contributed by atoms with Crippen LogP contribution in [-0.4, -0.2) is 30.2 Å². The van der Waals surface area contributed by atoms with Gasteiger partial charge in [0.15, 0.2) is 0 Å². The molecule has 0 atom stereocenters. The predicted molar refractivity (Wildman–Crippen MR) is 72.7 cm³/mol. The first-order valence-electron chi connectivity index (χ1n) is 6.31. The molecule has 1 fully saturated rings. The maximum absolute atomic E-state index is 9.32. The van der Waals surface area contributed by atoms with Crippen molar-refractivity contribution in [3.63, 3.8) is 0 Å².